The van der Waals surface area contributed by atoms with Crippen molar-refractivity contribution >= 4 is 17.4 Å². The Balaban J connectivity index is 1.70. The van der Waals surface area contributed by atoms with E-state index in [2.05, 4.69) is 10.3 Å². The molecule has 0 radical (unpaired) electrons. The molecular formula is C15H18ClN3O. The Kier molecular flexibility index (Phi) is 3.82. The molecule has 5 heteroatoms. The Morgan fingerprint density at radius 2 is 2.20 bits per heavy atom. The van der Waals surface area contributed by atoms with Crippen molar-refractivity contribution in [2.75, 3.05) is 11.9 Å². The third kappa shape index (κ3) is 2.74. The molecule has 2 heterocycles. The molecule has 1 saturated heterocycles. The van der Waals surface area contributed by atoms with Crippen molar-refractivity contribution in [2.24, 2.45) is 0 Å². The summed E-state index contributed by atoms with van der Waals surface area (Å²) in [4.78, 5) is 4.25. The summed E-state index contributed by atoms with van der Waals surface area (Å²) in [5.74, 6) is 0.728. The summed E-state index contributed by atoms with van der Waals surface area (Å²) in [5.41, 5.74) is 0.361. The number of hydrogen-bond acceptors (Lipinski definition) is 4. The summed E-state index contributed by atoms with van der Waals surface area (Å²) in [7, 11) is 0. The van der Waals surface area contributed by atoms with Gasteiger partial charge >= 0.3 is 0 Å². The zero-order chi connectivity index (χ0) is 14.0. The van der Waals surface area contributed by atoms with E-state index < -0.39 is 0 Å². The number of nitriles is 1. The minimum Gasteiger partial charge on any atom is -0.375 e. The number of anilines is 1. The molecule has 1 atom stereocenters. The topological polar surface area (TPSA) is 57.9 Å². The van der Waals surface area contributed by atoms with Crippen LogP contribution < -0.4 is 5.32 Å². The third-order valence-electron chi connectivity index (χ3n) is 4.31. The standard InChI is InChI=1S/C15H18ClN3O/c16-12-3-4-14(19-13(12)10-17)18-11-5-8-20-15(9-11)6-1-2-7-15/h3-4,11H,1-2,5-9H2,(H,18,19). The van der Waals surface area contributed by atoms with Crippen LogP contribution in [0.4, 0.5) is 5.82 Å². The second-order valence-electron chi connectivity index (χ2n) is 5.71. The van der Waals surface area contributed by atoms with E-state index in [4.69, 9.17) is 21.6 Å². The first-order chi connectivity index (χ1) is 9.71. The van der Waals surface area contributed by atoms with Crippen molar-refractivity contribution in [3.8, 4) is 6.07 Å². The molecule has 1 aromatic rings. The fraction of sp³-hybridized carbons (Fsp3) is 0.600. The van der Waals surface area contributed by atoms with Crippen LogP contribution in [0.1, 0.15) is 44.2 Å². The molecule has 1 aliphatic carbocycles. The molecule has 2 aliphatic rings. The Labute approximate surface area is 124 Å². The van der Waals surface area contributed by atoms with Crippen LogP contribution in [0.15, 0.2) is 12.1 Å². The van der Waals surface area contributed by atoms with E-state index in [1.54, 1.807) is 6.07 Å². The van der Waals surface area contributed by atoms with E-state index in [1.807, 2.05) is 12.1 Å². The van der Waals surface area contributed by atoms with Crippen LogP contribution in [0, 0.1) is 11.3 Å². The van der Waals surface area contributed by atoms with Crippen LogP contribution in [0.5, 0.6) is 0 Å². The van der Waals surface area contributed by atoms with Gasteiger partial charge in [-0.1, -0.05) is 24.4 Å². The van der Waals surface area contributed by atoms with E-state index in [9.17, 15) is 0 Å². The maximum Gasteiger partial charge on any atom is 0.161 e. The lowest BCUT2D eigenvalue weighted by molar-refractivity contribution is -0.0767. The largest absolute Gasteiger partial charge is 0.375 e. The highest BCUT2D eigenvalue weighted by atomic mass is 35.5. The molecule has 1 N–H and O–H groups in total. The molecule has 4 nitrogen and oxygen atoms in total. The van der Waals surface area contributed by atoms with Crippen LogP contribution in [0.2, 0.25) is 5.02 Å². The highest BCUT2D eigenvalue weighted by Crippen LogP contribution is 2.40. The van der Waals surface area contributed by atoms with E-state index in [0.717, 1.165) is 25.3 Å². The zero-order valence-corrected chi connectivity index (χ0v) is 12.1. The van der Waals surface area contributed by atoms with E-state index in [-0.39, 0.29) is 11.3 Å². The number of aromatic nitrogens is 1. The van der Waals surface area contributed by atoms with Crippen molar-refractivity contribution in [1.29, 1.82) is 5.26 Å². The number of rotatable bonds is 2. The molecule has 0 bridgehead atoms. The first-order valence-electron chi connectivity index (χ1n) is 7.18. The lowest BCUT2D eigenvalue weighted by Gasteiger charge is -2.38. The Bertz CT molecular complexity index is 534. The molecule has 2 fully saturated rings. The summed E-state index contributed by atoms with van der Waals surface area (Å²) in [6.45, 7) is 0.802. The summed E-state index contributed by atoms with van der Waals surface area (Å²) < 4.78 is 6.02. The molecule has 106 valence electrons. The quantitative estimate of drug-likeness (QED) is 0.906. The van der Waals surface area contributed by atoms with Gasteiger partial charge in [-0.25, -0.2) is 4.98 Å². The molecule has 1 aliphatic heterocycles. The van der Waals surface area contributed by atoms with Crippen molar-refractivity contribution in [2.45, 2.75) is 50.2 Å². The normalized spacial score (nSPS) is 24.5. The lowest BCUT2D eigenvalue weighted by Crippen LogP contribution is -2.42. The molecule has 1 saturated carbocycles. The Morgan fingerprint density at radius 1 is 1.40 bits per heavy atom. The molecule has 0 aromatic carbocycles. The zero-order valence-electron chi connectivity index (χ0n) is 11.4. The predicted octanol–water partition coefficient (Wildman–Crippen LogP) is 3.51. The van der Waals surface area contributed by atoms with Gasteiger partial charge in [-0.2, -0.15) is 5.26 Å². The second kappa shape index (κ2) is 5.59. The monoisotopic (exact) mass is 291 g/mol. The van der Waals surface area contributed by atoms with Gasteiger partial charge in [0.15, 0.2) is 5.69 Å². The number of halogens is 1. The summed E-state index contributed by atoms with van der Waals surface area (Å²) in [6.07, 6.45) is 6.88. The minimum atomic E-state index is 0.0837. The van der Waals surface area contributed by atoms with Gasteiger partial charge < -0.3 is 10.1 Å². The van der Waals surface area contributed by atoms with Gasteiger partial charge in [0.05, 0.1) is 10.6 Å². The Hall–Kier alpha value is -1.31. The van der Waals surface area contributed by atoms with Gasteiger partial charge in [0.1, 0.15) is 11.9 Å². The number of hydrogen-bond donors (Lipinski definition) is 1. The fourth-order valence-electron chi connectivity index (χ4n) is 3.33. The van der Waals surface area contributed by atoms with Gasteiger partial charge in [-0.05, 0) is 37.8 Å². The lowest BCUT2D eigenvalue weighted by atomic mass is 9.89. The van der Waals surface area contributed by atoms with Gasteiger partial charge in [0.25, 0.3) is 0 Å². The number of nitrogens with one attached hydrogen (secondary N) is 1. The second-order valence-corrected chi connectivity index (χ2v) is 6.12. The summed E-state index contributed by atoms with van der Waals surface area (Å²) in [5, 5.41) is 12.8. The number of ether oxygens (including phenoxy) is 1. The van der Waals surface area contributed by atoms with E-state index >= 15 is 0 Å². The van der Waals surface area contributed by atoms with Crippen LogP contribution in [0.25, 0.3) is 0 Å². The van der Waals surface area contributed by atoms with Crippen molar-refractivity contribution < 1.29 is 4.74 Å². The van der Waals surface area contributed by atoms with Crippen LogP contribution >= 0.6 is 11.6 Å². The van der Waals surface area contributed by atoms with Gasteiger partial charge in [0, 0.05) is 12.6 Å². The molecule has 1 spiro atoms. The van der Waals surface area contributed by atoms with Crippen molar-refractivity contribution in [3.63, 3.8) is 0 Å². The maximum absolute atomic E-state index is 8.97. The first kappa shape index (κ1) is 13.7. The minimum absolute atomic E-state index is 0.0837. The van der Waals surface area contributed by atoms with Gasteiger partial charge in [-0.15, -0.1) is 0 Å². The van der Waals surface area contributed by atoms with Crippen molar-refractivity contribution in [3.05, 3.63) is 22.8 Å². The van der Waals surface area contributed by atoms with E-state index in [1.165, 1.54) is 25.7 Å². The average Bonchev–Trinajstić information content (AvgIpc) is 2.89. The molecule has 0 amide bonds. The number of nitrogens with zero attached hydrogens (tertiary/aromatic N) is 2. The molecule has 20 heavy (non-hydrogen) atoms. The Morgan fingerprint density at radius 3 is 2.95 bits per heavy atom. The SMILES string of the molecule is N#Cc1nc(NC2CCOC3(CCCC3)C2)ccc1Cl. The fourth-order valence-corrected chi connectivity index (χ4v) is 3.48. The van der Waals surface area contributed by atoms with Crippen molar-refractivity contribution in [1.82, 2.24) is 4.98 Å². The van der Waals surface area contributed by atoms with Crippen LogP contribution in [-0.2, 0) is 4.74 Å². The van der Waals surface area contributed by atoms with Crippen LogP contribution in [0.3, 0.4) is 0 Å². The highest BCUT2D eigenvalue weighted by molar-refractivity contribution is 6.31. The van der Waals surface area contributed by atoms with Gasteiger partial charge in [0.2, 0.25) is 0 Å². The molecule has 1 unspecified atom stereocenters. The van der Waals surface area contributed by atoms with Crippen LogP contribution in [-0.4, -0.2) is 23.2 Å². The predicted molar refractivity (Wildman–Crippen MR) is 77.8 cm³/mol. The molecule has 1 aromatic heterocycles. The summed E-state index contributed by atoms with van der Waals surface area (Å²) >= 11 is 5.90. The highest BCUT2D eigenvalue weighted by Gasteiger charge is 2.39. The molecular weight excluding hydrogens is 274 g/mol. The third-order valence-corrected chi connectivity index (χ3v) is 4.62. The van der Waals surface area contributed by atoms with Gasteiger partial charge in [-0.3, -0.25) is 0 Å². The average molecular weight is 292 g/mol. The first-order valence-corrected chi connectivity index (χ1v) is 7.56. The number of pyridine rings is 1. The molecule has 3 rings (SSSR count). The smallest absolute Gasteiger partial charge is 0.161 e. The maximum atomic E-state index is 8.97. The summed E-state index contributed by atoms with van der Waals surface area (Å²) in [6, 6.07) is 5.93. The van der Waals surface area contributed by atoms with E-state index in [0.29, 0.717) is 11.1 Å².